The molecule has 4 nitrogen and oxygen atoms in total. The zero-order valence-electron chi connectivity index (χ0n) is 9.31. The number of aromatic nitrogens is 1. The molecule has 1 aromatic heterocycles. The monoisotopic (exact) mass is 209 g/mol. The molecule has 0 aliphatic carbocycles. The number of amides is 1. The molecule has 4 N–H and O–H groups in total. The first-order chi connectivity index (χ1) is 7.11. The molecule has 1 amide bonds. The van der Waals surface area contributed by atoms with Gasteiger partial charge in [0.05, 0.1) is 6.04 Å². The van der Waals surface area contributed by atoms with E-state index in [0.717, 1.165) is 5.56 Å². The minimum Gasteiger partial charge on any atom is -0.368 e. The number of nitrogens with two attached hydrogens (primary N) is 2. The molecule has 0 saturated carbocycles. The fraction of sp³-hybridized carbons (Fsp3) is 0.455. The largest absolute Gasteiger partial charge is 0.368 e. The van der Waals surface area contributed by atoms with Gasteiger partial charge in [0.25, 0.3) is 0 Å². The van der Waals surface area contributed by atoms with Gasteiger partial charge in [0.2, 0.25) is 5.91 Å². The molecule has 0 saturated heterocycles. The maximum absolute atomic E-state index is 10.6. The Kier molecular flexibility index (Phi) is 7.18. The highest BCUT2D eigenvalue weighted by Gasteiger charge is 2.09. The molecule has 0 aromatic carbocycles. The van der Waals surface area contributed by atoms with E-state index in [1.54, 1.807) is 18.5 Å². The average molecular weight is 209 g/mol. The van der Waals surface area contributed by atoms with E-state index in [4.69, 9.17) is 11.5 Å². The molecule has 0 aliphatic heterocycles. The lowest BCUT2D eigenvalue weighted by Gasteiger charge is -2.05. The van der Waals surface area contributed by atoms with Crippen LogP contribution in [0.4, 0.5) is 0 Å². The van der Waals surface area contributed by atoms with Crippen LogP contribution in [0.3, 0.4) is 0 Å². The van der Waals surface area contributed by atoms with Crippen LogP contribution in [0.15, 0.2) is 24.5 Å². The first kappa shape index (κ1) is 13.6. The lowest BCUT2D eigenvalue weighted by Crippen LogP contribution is -2.38. The Morgan fingerprint density at radius 3 is 2.53 bits per heavy atom. The van der Waals surface area contributed by atoms with Crippen molar-refractivity contribution in [3.63, 3.8) is 0 Å². The van der Waals surface area contributed by atoms with Crippen LogP contribution in [0.25, 0.3) is 0 Å². The smallest absolute Gasteiger partial charge is 0.234 e. The molecule has 0 spiro atoms. The first-order valence-electron chi connectivity index (χ1n) is 5.05. The third-order valence-corrected chi connectivity index (χ3v) is 1.54. The minimum atomic E-state index is -0.616. The summed E-state index contributed by atoms with van der Waals surface area (Å²) in [6, 6.07) is 3.04. The van der Waals surface area contributed by atoms with Gasteiger partial charge in [0, 0.05) is 12.4 Å². The van der Waals surface area contributed by atoms with Gasteiger partial charge in [0.15, 0.2) is 0 Å². The molecule has 15 heavy (non-hydrogen) atoms. The zero-order valence-corrected chi connectivity index (χ0v) is 9.31. The third kappa shape index (κ3) is 6.62. The van der Waals surface area contributed by atoms with E-state index in [1.807, 2.05) is 6.07 Å². The normalized spacial score (nSPS) is 11.1. The molecule has 1 rings (SSSR count). The van der Waals surface area contributed by atoms with Crippen molar-refractivity contribution in [3.05, 3.63) is 30.1 Å². The molecule has 1 heterocycles. The number of rotatable bonds is 3. The van der Waals surface area contributed by atoms with Gasteiger partial charge in [-0.1, -0.05) is 26.3 Å². The number of hydrogen-bond donors (Lipinski definition) is 2. The number of primary amides is 1. The predicted octanol–water partition coefficient (Wildman–Crippen LogP) is 0.853. The van der Waals surface area contributed by atoms with Crippen molar-refractivity contribution in [2.75, 3.05) is 0 Å². The quantitative estimate of drug-likeness (QED) is 0.774. The topological polar surface area (TPSA) is 82.0 Å². The molecule has 84 valence electrons. The number of nitrogens with zero attached hydrogens (tertiary/aromatic N) is 1. The summed E-state index contributed by atoms with van der Waals surface area (Å²) < 4.78 is 0. The molecule has 0 fully saturated rings. The van der Waals surface area contributed by atoms with Gasteiger partial charge in [-0.2, -0.15) is 0 Å². The van der Waals surface area contributed by atoms with Crippen LogP contribution in [0, 0.1) is 0 Å². The second-order valence-electron chi connectivity index (χ2n) is 3.28. The van der Waals surface area contributed by atoms with Gasteiger partial charge in [-0.25, -0.2) is 0 Å². The van der Waals surface area contributed by atoms with Crippen molar-refractivity contribution in [1.82, 2.24) is 4.98 Å². The Morgan fingerprint density at radius 1 is 1.53 bits per heavy atom. The Balaban J connectivity index is 0.000000583. The van der Waals surface area contributed by atoms with E-state index in [2.05, 4.69) is 18.8 Å². The van der Waals surface area contributed by atoms with E-state index < -0.39 is 11.9 Å². The second kappa shape index (κ2) is 7.94. The summed E-state index contributed by atoms with van der Waals surface area (Å²) in [7, 11) is 0. The van der Waals surface area contributed by atoms with Crippen LogP contribution in [-0.2, 0) is 11.2 Å². The van der Waals surface area contributed by atoms with Gasteiger partial charge in [-0.15, -0.1) is 0 Å². The fourth-order valence-electron chi connectivity index (χ4n) is 0.873. The van der Waals surface area contributed by atoms with Gasteiger partial charge < -0.3 is 11.5 Å². The second-order valence-corrected chi connectivity index (χ2v) is 3.28. The third-order valence-electron chi connectivity index (χ3n) is 1.54. The lowest BCUT2D eigenvalue weighted by molar-refractivity contribution is -0.119. The van der Waals surface area contributed by atoms with Crippen LogP contribution >= 0.6 is 0 Å². The molecule has 0 aliphatic rings. The molecule has 1 aromatic rings. The predicted molar refractivity (Wildman–Crippen MR) is 61.1 cm³/mol. The van der Waals surface area contributed by atoms with Crippen molar-refractivity contribution >= 4 is 5.91 Å². The Bertz CT molecular complexity index is 274. The maximum Gasteiger partial charge on any atom is 0.234 e. The molecule has 4 heteroatoms. The van der Waals surface area contributed by atoms with E-state index in [-0.39, 0.29) is 0 Å². The summed E-state index contributed by atoms with van der Waals surface area (Å²) in [6.45, 7) is 4.25. The zero-order chi connectivity index (χ0) is 11.7. The number of pyridine rings is 1. The summed E-state index contributed by atoms with van der Waals surface area (Å²) in [5.41, 5.74) is 11.4. The number of carbonyl (C=O) groups is 1. The molecular formula is C11H19N3O. The number of hydrogen-bond acceptors (Lipinski definition) is 3. The van der Waals surface area contributed by atoms with Gasteiger partial charge in [-0.3, -0.25) is 9.78 Å². The van der Waals surface area contributed by atoms with Gasteiger partial charge in [0.1, 0.15) is 0 Å². The van der Waals surface area contributed by atoms with Gasteiger partial charge >= 0.3 is 0 Å². The summed E-state index contributed by atoms with van der Waals surface area (Å²) in [4.78, 5) is 14.5. The summed E-state index contributed by atoms with van der Waals surface area (Å²) in [5.74, 6) is -0.487. The fourth-order valence-corrected chi connectivity index (χ4v) is 0.873. The van der Waals surface area contributed by atoms with E-state index in [0.29, 0.717) is 6.42 Å². The van der Waals surface area contributed by atoms with Crippen LogP contribution in [0.2, 0.25) is 0 Å². The average Bonchev–Trinajstić information content (AvgIpc) is 2.20. The highest BCUT2D eigenvalue weighted by Crippen LogP contribution is 1.98. The molecule has 0 radical (unpaired) electrons. The Hall–Kier alpha value is -1.42. The van der Waals surface area contributed by atoms with Crippen LogP contribution in [0.5, 0.6) is 0 Å². The van der Waals surface area contributed by atoms with Crippen LogP contribution < -0.4 is 11.5 Å². The maximum atomic E-state index is 10.6. The van der Waals surface area contributed by atoms with E-state index >= 15 is 0 Å². The molecule has 0 bridgehead atoms. The van der Waals surface area contributed by atoms with Crippen molar-refractivity contribution in [2.24, 2.45) is 11.5 Å². The van der Waals surface area contributed by atoms with Crippen molar-refractivity contribution in [2.45, 2.75) is 32.7 Å². The van der Waals surface area contributed by atoms with Gasteiger partial charge in [-0.05, 0) is 18.1 Å². The lowest BCUT2D eigenvalue weighted by atomic mass is 10.1. The molecule has 1 unspecified atom stereocenters. The van der Waals surface area contributed by atoms with Crippen molar-refractivity contribution in [3.8, 4) is 0 Å². The molecular weight excluding hydrogens is 190 g/mol. The molecule has 1 atom stereocenters. The highest BCUT2D eigenvalue weighted by molar-refractivity contribution is 5.79. The van der Waals surface area contributed by atoms with Crippen LogP contribution in [-0.4, -0.2) is 16.9 Å². The minimum absolute atomic E-state index is 0.448. The number of carbonyl (C=O) groups excluding carboxylic acids is 1. The highest BCUT2D eigenvalue weighted by atomic mass is 16.1. The van der Waals surface area contributed by atoms with E-state index in [9.17, 15) is 4.79 Å². The van der Waals surface area contributed by atoms with Crippen molar-refractivity contribution < 1.29 is 4.79 Å². The Morgan fingerprint density at radius 2 is 2.13 bits per heavy atom. The first-order valence-corrected chi connectivity index (χ1v) is 5.05. The standard InChI is InChI=1S/C8H11N3O.C3H8/c9-7(8(10)12)4-6-2-1-3-11-5-6;1-3-2/h1-3,5,7H,4,9H2,(H2,10,12);3H2,1-2H3. The van der Waals surface area contributed by atoms with E-state index in [1.165, 1.54) is 6.42 Å². The van der Waals surface area contributed by atoms with Crippen molar-refractivity contribution in [1.29, 1.82) is 0 Å². The summed E-state index contributed by atoms with van der Waals surface area (Å²) >= 11 is 0. The SMILES string of the molecule is CCC.NC(=O)C(N)Cc1cccnc1. The summed E-state index contributed by atoms with van der Waals surface area (Å²) in [6.07, 6.45) is 5.03. The van der Waals surface area contributed by atoms with Crippen LogP contribution in [0.1, 0.15) is 25.8 Å². The summed E-state index contributed by atoms with van der Waals surface area (Å²) in [5, 5.41) is 0. The Labute approximate surface area is 90.7 Å².